The van der Waals surface area contributed by atoms with Gasteiger partial charge in [-0.15, -0.1) is 10.2 Å². The number of anilines is 2. The van der Waals surface area contributed by atoms with Gasteiger partial charge in [-0.25, -0.2) is 4.39 Å². The molecule has 132 valence electrons. The molecular formula is C17H19FN4O2S. The van der Waals surface area contributed by atoms with E-state index in [0.29, 0.717) is 5.13 Å². The zero-order valence-electron chi connectivity index (χ0n) is 14.2. The predicted molar refractivity (Wildman–Crippen MR) is 94.1 cm³/mol. The van der Waals surface area contributed by atoms with Gasteiger partial charge >= 0.3 is 0 Å². The molecule has 2 amide bonds. The van der Waals surface area contributed by atoms with Gasteiger partial charge in [0.05, 0.1) is 11.6 Å². The zero-order chi connectivity index (χ0) is 18.2. The van der Waals surface area contributed by atoms with Gasteiger partial charge in [0.2, 0.25) is 16.9 Å². The summed E-state index contributed by atoms with van der Waals surface area (Å²) in [6, 6.07) is 6.05. The molecule has 3 rings (SSSR count). The first-order valence-electron chi connectivity index (χ1n) is 7.95. The summed E-state index contributed by atoms with van der Waals surface area (Å²) in [6.07, 6.45) is 0.0467. The number of nitrogens with one attached hydrogen (secondary N) is 1. The number of amides is 2. The van der Waals surface area contributed by atoms with Crippen LogP contribution in [-0.2, 0) is 15.0 Å². The molecule has 0 spiro atoms. The van der Waals surface area contributed by atoms with Crippen LogP contribution in [0.4, 0.5) is 15.2 Å². The van der Waals surface area contributed by atoms with Crippen LogP contribution >= 0.6 is 11.3 Å². The summed E-state index contributed by atoms with van der Waals surface area (Å²) < 4.78 is 13.9. The number of benzene rings is 1. The molecule has 6 nitrogen and oxygen atoms in total. The zero-order valence-corrected chi connectivity index (χ0v) is 15.1. The van der Waals surface area contributed by atoms with Crippen molar-refractivity contribution < 1.29 is 14.0 Å². The second-order valence-electron chi connectivity index (χ2n) is 7.01. The van der Waals surface area contributed by atoms with Crippen LogP contribution in [-0.4, -0.2) is 28.6 Å². The van der Waals surface area contributed by atoms with Crippen LogP contribution in [0.15, 0.2) is 24.3 Å². The molecule has 0 bridgehead atoms. The number of para-hydroxylation sites is 1. The van der Waals surface area contributed by atoms with E-state index in [9.17, 15) is 14.0 Å². The van der Waals surface area contributed by atoms with E-state index in [-0.39, 0.29) is 35.9 Å². The standard InChI is InChI=1S/C17H19FN4O2S/c1-17(2,3)15-20-21-16(25-15)19-14(24)10-8-13(23)22(9-10)12-7-5-4-6-11(12)18/h4-7,10H,8-9H2,1-3H3,(H,19,21,24)/t10-/m0/s1. The third-order valence-corrected chi connectivity index (χ3v) is 5.20. The second kappa shape index (κ2) is 6.51. The molecule has 1 N–H and O–H groups in total. The Bertz CT molecular complexity index is 815. The lowest BCUT2D eigenvalue weighted by atomic mass is 9.98. The van der Waals surface area contributed by atoms with Gasteiger partial charge in [-0.3, -0.25) is 9.59 Å². The van der Waals surface area contributed by atoms with Crippen molar-refractivity contribution in [3.8, 4) is 0 Å². The Labute approximate surface area is 149 Å². The highest BCUT2D eigenvalue weighted by Gasteiger charge is 2.36. The van der Waals surface area contributed by atoms with E-state index < -0.39 is 11.7 Å². The molecule has 25 heavy (non-hydrogen) atoms. The van der Waals surface area contributed by atoms with E-state index in [1.165, 1.54) is 28.4 Å². The normalized spacial score (nSPS) is 17.8. The number of carbonyl (C=O) groups is 2. The summed E-state index contributed by atoms with van der Waals surface area (Å²) >= 11 is 1.31. The molecule has 2 heterocycles. The van der Waals surface area contributed by atoms with E-state index in [1.54, 1.807) is 12.1 Å². The van der Waals surface area contributed by atoms with E-state index in [2.05, 4.69) is 15.5 Å². The molecule has 1 atom stereocenters. The third-order valence-electron chi connectivity index (χ3n) is 3.94. The van der Waals surface area contributed by atoms with Gasteiger partial charge in [0.15, 0.2) is 0 Å². The average Bonchev–Trinajstić information content (AvgIpc) is 3.14. The summed E-state index contributed by atoms with van der Waals surface area (Å²) in [5, 5.41) is 12.0. The highest BCUT2D eigenvalue weighted by atomic mass is 32.1. The van der Waals surface area contributed by atoms with Crippen LogP contribution in [0.25, 0.3) is 0 Å². The van der Waals surface area contributed by atoms with Gasteiger partial charge in [0.1, 0.15) is 10.8 Å². The van der Waals surface area contributed by atoms with Crippen LogP contribution in [0.2, 0.25) is 0 Å². The maximum Gasteiger partial charge on any atom is 0.231 e. The Morgan fingerprint density at radius 2 is 2.04 bits per heavy atom. The Balaban J connectivity index is 1.69. The summed E-state index contributed by atoms with van der Waals surface area (Å²) in [6.45, 7) is 6.19. The van der Waals surface area contributed by atoms with Crippen LogP contribution in [0.3, 0.4) is 0 Å². The number of halogens is 1. The molecule has 1 fully saturated rings. The number of aromatic nitrogens is 2. The second-order valence-corrected chi connectivity index (χ2v) is 7.99. The van der Waals surface area contributed by atoms with Gasteiger partial charge in [-0.1, -0.05) is 44.2 Å². The third kappa shape index (κ3) is 3.68. The molecular weight excluding hydrogens is 343 g/mol. The fraction of sp³-hybridized carbons (Fsp3) is 0.412. The van der Waals surface area contributed by atoms with Crippen molar-refractivity contribution >= 4 is 34.0 Å². The van der Waals surface area contributed by atoms with Crippen LogP contribution in [0, 0.1) is 11.7 Å². The quantitative estimate of drug-likeness (QED) is 0.911. The van der Waals surface area contributed by atoms with Crippen molar-refractivity contribution in [1.82, 2.24) is 10.2 Å². The topological polar surface area (TPSA) is 75.2 Å². The van der Waals surface area contributed by atoms with Gasteiger partial charge in [0, 0.05) is 18.4 Å². The Morgan fingerprint density at radius 3 is 2.68 bits per heavy atom. The number of hydrogen-bond acceptors (Lipinski definition) is 5. The lowest BCUT2D eigenvalue weighted by Gasteiger charge is -2.17. The summed E-state index contributed by atoms with van der Waals surface area (Å²) in [7, 11) is 0. The first-order valence-corrected chi connectivity index (χ1v) is 8.77. The minimum Gasteiger partial charge on any atom is -0.309 e. The minimum atomic E-state index is -0.547. The molecule has 1 aliphatic heterocycles. The molecule has 2 aromatic rings. The maximum atomic E-state index is 13.9. The maximum absolute atomic E-state index is 13.9. The SMILES string of the molecule is CC(C)(C)c1nnc(NC(=O)[C@H]2CC(=O)N(c3ccccc3F)C2)s1. The summed E-state index contributed by atoms with van der Waals surface area (Å²) in [5.74, 6) is -1.59. The first kappa shape index (κ1) is 17.5. The van der Waals surface area contributed by atoms with Crippen LogP contribution < -0.4 is 10.2 Å². The average molecular weight is 362 g/mol. The number of nitrogens with zero attached hydrogens (tertiary/aromatic N) is 3. The largest absolute Gasteiger partial charge is 0.309 e. The van der Waals surface area contributed by atoms with E-state index in [0.717, 1.165) is 5.01 Å². The molecule has 0 saturated carbocycles. The van der Waals surface area contributed by atoms with Gasteiger partial charge in [-0.2, -0.15) is 0 Å². The Hall–Kier alpha value is -2.35. The molecule has 0 radical (unpaired) electrons. The fourth-order valence-corrected chi connectivity index (χ4v) is 3.38. The highest BCUT2D eigenvalue weighted by Crippen LogP contribution is 2.30. The molecule has 1 saturated heterocycles. The van der Waals surface area contributed by atoms with E-state index in [4.69, 9.17) is 0 Å². The lowest BCUT2D eigenvalue weighted by Crippen LogP contribution is -2.28. The Morgan fingerprint density at radius 1 is 1.32 bits per heavy atom. The van der Waals surface area contributed by atoms with Crippen molar-refractivity contribution in [2.45, 2.75) is 32.6 Å². The van der Waals surface area contributed by atoms with Crippen LogP contribution in [0.5, 0.6) is 0 Å². The number of carbonyl (C=O) groups excluding carboxylic acids is 2. The highest BCUT2D eigenvalue weighted by molar-refractivity contribution is 7.15. The lowest BCUT2D eigenvalue weighted by molar-refractivity contribution is -0.122. The van der Waals surface area contributed by atoms with E-state index in [1.807, 2.05) is 20.8 Å². The van der Waals surface area contributed by atoms with E-state index >= 15 is 0 Å². The molecule has 1 aromatic heterocycles. The molecule has 0 aliphatic carbocycles. The number of rotatable bonds is 3. The number of hydrogen-bond donors (Lipinski definition) is 1. The molecule has 0 unspecified atom stereocenters. The first-order chi connectivity index (χ1) is 11.8. The van der Waals surface area contributed by atoms with Crippen LogP contribution in [0.1, 0.15) is 32.2 Å². The smallest absolute Gasteiger partial charge is 0.231 e. The van der Waals surface area contributed by atoms with Crippen molar-refractivity contribution in [1.29, 1.82) is 0 Å². The molecule has 8 heteroatoms. The van der Waals surface area contributed by atoms with Crippen molar-refractivity contribution in [3.05, 3.63) is 35.1 Å². The molecule has 1 aliphatic rings. The van der Waals surface area contributed by atoms with Gasteiger partial charge < -0.3 is 10.2 Å². The minimum absolute atomic E-state index is 0.0467. The van der Waals surface area contributed by atoms with Crippen molar-refractivity contribution in [3.63, 3.8) is 0 Å². The summed E-state index contributed by atoms with van der Waals surface area (Å²) in [4.78, 5) is 25.9. The monoisotopic (exact) mass is 362 g/mol. The molecule has 1 aromatic carbocycles. The Kier molecular flexibility index (Phi) is 4.55. The van der Waals surface area contributed by atoms with Crippen molar-refractivity contribution in [2.24, 2.45) is 5.92 Å². The summed E-state index contributed by atoms with van der Waals surface area (Å²) in [5.41, 5.74) is 0.0553. The van der Waals surface area contributed by atoms with Crippen molar-refractivity contribution in [2.75, 3.05) is 16.8 Å². The predicted octanol–water partition coefficient (Wildman–Crippen LogP) is 2.97. The van der Waals surface area contributed by atoms with Gasteiger partial charge in [0.25, 0.3) is 0 Å². The fourth-order valence-electron chi connectivity index (χ4n) is 2.57. The van der Waals surface area contributed by atoms with Gasteiger partial charge in [-0.05, 0) is 12.1 Å².